The third-order valence-corrected chi connectivity index (χ3v) is 1.74. The summed E-state index contributed by atoms with van der Waals surface area (Å²) in [7, 11) is 0. The predicted molar refractivity (Wildman–Crippen MR) is 55.0 cm³/mol. The number of nitro groups is 1. The van der Waals surface area contributed by atoms with E-state index >= 15 is 0 Å². The van der Waals surface area contributed by atoms with E-state index < -0.39 is 4.92 Å². The molecule has 0 amide bonds. The Morgan fingerprint density at radius 3 is 3.00 bits per heavy atom. The highest BCUT2D eigenvalue weighted by molar-refractivity contribution is 5.34. The summed E-state index contributed by atoms with van der Waals surface area (Å²) >= 11 is 0. The maximum atomic E-state index is 10.5. The molecule has 0 unspecified atom stereocenters. The van der Waals surface area contributed by atoms with Crippen molar-refractivity contribution >= 4 is 5.69 Å². The molecule has 4 heteroatoms. The Morgan fingerprint density at radius 1 is 1.57 bits per heavy atom. The van der Waals surface area contributed by atoms with E-state index in [2.05, 4.69) is 11.9 Å². The first-order valence-electron chi connectivity index (χ1n) is 4.29. The topological polar surface area (TPSA) is 55.2 Å². The third kappa shape index (κ3) is 2.99. The van der Waals surface area contributed by atoms with Crippen LogP contribution in [0, 0.1) is 10.1 Å². The number of benzene rings is 1. The molecule has 0 heterocycles. The molecule has 0 spiro atoms. The second-order valence-electron chi connectivity index (χ2n) is 2.85. The number of rotatable bonds is 5. The third-order valence-electron chi connectivity index (χ3n) is 1.74. The van der Waals surface area contributed by atoms with Crippen molar-refractivity contribution in [2.75, 3.05) is 6.54 Å². The molecular formula is C10H12N2O2. The number of hydrogen-bond acceptors (Lipinski definition) is 3. The second kappa shape index (κ2) is 5.14. The van der Waals surface area contributed by atoms with Crippen LogP contribution < -0.4 is 5.32 Å². The van der Waals surface area contributed by atoms with Crippen LogP contribution in [0.3, 0.4) is 0 Å². The van der Waals surface area contributed by atoms with Gasteiger partial charge in [-0.1, -0.05) is 18.2 Å². The van der Waals surface area contributed by atoms with E-state index in [9.17, 15) is 10.1 Å². The fraction of sp³-hybridized carbons (Fsp3) is 0.200. The van der Waals surface area contributed by atoms with Crippen LogP contribution in [-0.2, 0) is 6.54 Å². The van der Waals surface area contributed by atoms with Crippen molar-refractivity contribution in [1.82, 2.24) is 5.32 Å². The van der Waals surface area contributed by atoms with Gasteiger partial charge >= 0.3 is 0 Å². The Morgan fingerprint density at radius 2 is 2.36 bits per heavy atom. The van der Waals surface area contributed by atoms with Crippen molar-refractivity contribution in [3.8, 4) is 0 Å². The molecule has 0 atom stereocenters. The lowest BCUT2D eigenvalue weighted by Crippen LogP contribution is -2.12. The van der Waals surface area contributed by atoms with Gasteiger partial charge in [0.05, 0.1) is 4.92 Å². The van der Waals surface area contributed by atoms with Crippen LogP contribution in [0.5, 0.6) is 0 Å². The van der Waals surface area contributed by atoms with Gasteiger partial charge in [0.2, 0.25) is 0 Å². The summed E-state index contributed by atoms with van der Waals surface area (Å²) in [5, 5.41) is 13.5. The summed E-state index contributed by atoms with van der Waals surface area (Å²) in [5.41, 5.74) is 1.03. The summed E-state index contributed by atoms with van der Waals surface area (Å²) in [6.45, 7) is 4.88. The zero-order chi connectivity index (χ0) is 10.4. The fourth-order valence-electron chi connectivity index (χ4n) is 1.10. The van der Waals surface area contributed by atoms with Gasteiger partial charge in [0.15, 0.2) is 0 Å². The fourth-order valence-corrected chi connectivity index (χ4v) is 1.10. The summed E-state index contributed by atoms with van der Waals surface area (Å²) in [6, 6.07) is 6.58. The van der Waals surface area contributed by atoms with Gasteiger partial charge in [-0.25, -0.2) is 0 Å². The minimum Gasteiger partial charge on any atom is -0.309 e. The van der Waals surface area contributed by atoms with Crippen molar-refractivity contribution < 1.29 is 4.92 Å². The molecule has 0 aliphatic heterocycles. The average molecular weight is 192 g/mol. The summed E-state index contributed by atoms with van der Waals surface area (Å²) in [6.07, 6.45) is 1.75. The molecule has 14 heavy (non-hydrogen) atoms. The van der Waals surface area contributed by atoms with Crippen molar-refractivity contribution in [1.29, 1.82) is 0 Å². The molecule has 1 rings (SSSR count). The van der Waals surface area contributed by atoms with Crippen LogP contribution in [0.2, 0.25) is 0 Å². The van der Waals surface area contributed by atoms with Gasteiger partial charge in [-0.15, -0.1) is 6.58 Å². The van der Waals surface area contributed by atoms with Gasteiger partial charge < -0.3 is 5.32 Å². The molecule has 0 fully saturated rings. The highest BCUT2D eigenvalue weighted by Crippen LogP contribution is 2.12. The maximum absolute atomic E-state index is 10.5. The van der Waals surface area contributed by atoms with Crippen LogP contribution in [-0.4, -0.2) is 11.5 Å². The summed E-state index contributed by atoms with van der Waals surface area (Å²) in [5.74, 6) is 0. The SMILES string of the molecule is C=CCNCc1cccc([N+](=O)[O-])c1. The quantitative estimate of drug-likeness (QED) is 0.335. The van der Waals surface area contributed by atoms with E-state index in [1.807, 2.05) is 6.07 Å². The second-order valence-corrected chi connectivity index (χ2v) is 2.85. The summed E-state index contributed by atoms with van der Waals surface area (Å²) < 4.78 is 0. The van der Waals surface area contributed by atoms with Crippen LogP contribution in [0.15, 0.2) is 36.9 Å². The lowest BCUT2D eigenvalue weighted by Gasteiger charge is -2.01. The van der Waals surface area contributed by atoms with E-state index in [-0.39, 0.29) is 5.69 Å². The monoisotopic (exact) mass is 192 g/mol. The lowest BCUT2D eigenvalue weighted by molar-refractivity contribution is -0.384. The van der Waals surface area contributed by atoms with Gasteiger partial charge in [-0.2, -0.15) is 0 Å². The molecule has 74 valence electrons. The molecule has 0 aliphatic carbocycles. The van der Waals surface area contributed by atoms with Gasteiger partial charge in [-0.05, 0) is 5.56 Å². The van der Waals surface area contributed by atoms with Crippen LogP contribution in [0.25, 0.3) is 0 Å². The molecule has 1 N–H and O–H groups in total. The molecule has 4 nitrogen and oxygen atoms in total. The first-order chi connectivity index (χ1) is 6.74. The number of hydrogen-bond donors (Lipinski definition) is 1. The van der Waals surface area contributed by atoms with Gasteiger partial charge in [0, 0.05) is 25.2 Å². The molecule has 0 radical (unpaired) electrons. The van der Waals surface area contributed by atoms with Crippen LogP contribution >= 0.6 is 0 Å². The zero-order valence-electron chi connectivity index (χ0n) is 7.77. The van der Waals surface area contributed by atoms with E-state index in [4.69, 9.17) is 0 Å². The highest BCUT2D eigenvalue weighted by atomic mass is 16.6. The Bertz CT molecular complexity index is 337. The van der Waals surface area contributed by atoms with E-state index in [1.165, 1.54) is 6.07 Å². The maximum Gasteiger partial charge on any atom is 0.269 e. The van der Waals surface area contributed by atoms with Gasteiger partial charge in [0.1, 0.15) is 0 Å². The molecular weight excluding hydrogens is 180 g/mol. The van der Waals surface area contributed by atoms with E-state index in [0.717, 1.165) is 5.56 Å². The molecule has 1 aromatic rings. The Balaban J connectivity index is 2.63. The van der Waals surface area contributed by atoms with Crippen LogP contribution in [0.1, 0.15) is 5.56 Å². The first-order valence-corrected chi connectivity index (χ1v) is 4.29. The standard InChI is InChI=1S/C10H12N2O2/c1-2-6-11-8-9-4-3-5-10(7-9)12(13)14/h2-5,7,11H,1,6,8H2. The van der Waals surface area contributed by atoms with Gasteiger partial charge in [-0.3, -0.25) is 10.1 Å². The summed E-state index contributed by atoms with van der Waals surface area (Å²) in [4.78, 5) is 10.1. The molecule has 0 saturated heterocycles. The average Bonchev–Trinajstić information content (AvgIpc) is 2.19. The molecule has 0 saturated carbocycles. The minimum atomic E-state index is -0.392. The Labute approximate surface area is 82.4 Å². The van der Waals surface area contributed by atoms with Crippen LogP contribution in [0.4, 0.5) is 5.69 Å². The lowest BCUT2D eigenvalue weighted by atomic mass is 10.2. The highest BCUT2D eigenvalue weighted by Gasteiger charge is 2.04. The van der Waals surface area contributed by atoms with Crippen molar-refractivity contribution in [3.05, 3.63) is 52.6 Å². The van der Waals surface area contributed by atoms with Crippen molar-refractivity contribution in [2.24, 2.45) is 0 Å². The van der Waals surface area contributed by atoms with Crippen molar-refractivity contribution in [3.63, 3.8) is 0 Å². The first kappa shape index (κ1) is 10.4. The molecule has 1 aromatic carbocycles. The smallest absolute Gasteiger partial charge is 0.269 e. The largest absolute Gasteiger partial charge is 0.309 e. The van der Waals surface area contributed by atoms with Gasteiger partial charge in [0.25, 0.3) is 5.69 Å². The number of nitrogens with zero attached hydrogens (tertiary/aromatic N) is 1. The van der Waals surface area contributed by atoms with E-state index in [0.29, 0.717) is 13.1 Å². The number of nitro benzene ring substituents is 1. The molecule has 0 aliphatic rings. The predicted octanol–water partition coefficient (Wildman–Crippen LogP) is 1.87. The minimum absolute atomic E-state index is 0.128. The van der Waals surface area contributed by atoms with E-state index in [1.54, 1.807) is 18.2 Å². The Hall–Kier alpha value is -1.68. The molecule has 0 bridgehead atoms. The Kier molecular flexibility index (Phi) is 3.82. The number of nitrogens with one attached hydrogen (secondary N) is 1. The number of non-ortho nitro benzene ring substituents is 1. The van der Waals surface area contributed by atoms with Crippen molar-refractivity contribution in [2.45, 2.75) is 6.54 Å². The normalized spacial score (nSPS) is 9.71. The zero-order valence-corrected chi connectivity index (χ0v) is 7.77. The molecule has 0 aromatic heterocycles.